The Bertz CT molecular complexity index is 126. The fourth-order valence-corrected chi connectivity index (χ4v) is 1.74. The van der Waals surface area contributed by atoms with Gasteiger partial charge in [-0.1, -0.05) is 6.92 Å². The quantitative estimate of drug-likeness (QED) is 0.541. The molecule has 0 aromatic rings. The standard InChI is InChI=1S/C9H14O2S/c1-9(8-11)4-7-12-6-3-2-5-10/h9H,2-4,6-7H2,1H3. The van der Waals surface area contributed by atoms with Crippen LogP contribution in [0.2, 0.25) is 0 Å². The summed E-state index contributed by atoms with van der Waals surface area (Å²) in [6, 6.07) is 0. The fourth-order valence-electron chi connectivity index (χ4n) is 0.667. The summed E-state index contributed by atoms with van der Waals surface area (Å²) in [5.74, 6) is 2.02. The van der Waals surface area contributed by atoms with Crippen LogP contribution in [-0.4, -0.2) is 24.1 Å². The smallest absolute Gasteiger partial charge is 0.201 e. The Balaban J connectivity index is 2.99. The monoisotopic (exact) mass is 186 g/mol. The first-order valence-electron chi connectivity index (χ1n) is 4.11. The summed E-state index contributed by atoms with van der Waals surface area (Å²) in [5, 5.41) is 0. The number of thioether (sulfide) groups is 1. The maximum Gasteiger partial charge on any atom is 0.201 e. The van der Waals surface area contributed by atoms with Crippen LogP contribution in [0.15, 0.2) is 0 Å². The van der Waals surface area contributed by atoms with Gasteiger partial charge in [0.15, 0.2) is 6.29 Å². The van der Waals surface area contributed by atoms with Gasteiger partial charge in [0.1, 0.15) is 0 Å². The molecule has 1 unspecified atom stereocenters. The molecule has 0 fully saturated rings. The van der Waals surface area contributed by atoms with Crippen molar-refractivity contribution in [3.63, 3.8) is 0 Å². The van der Waals surface area contributed by atoms with Crippen LogP contribution in [0.4, 0.5) is 0 Å². The molecule has 0 aliphatic carbocycles. The molecule has 0 bridgehead atoms. The molecule has 0 aliphatic rings. The molecule has 0 spiro atoms. The molecule has 0 saturated carbocycles. The van der Waals surface area contributed by atoms with Gasteiger partial charge in [0.05, 0.1) is 0 Å². The molecule has 0 rings (SSSR count). The number of rotatable bonds is 8. The van der Waals surface area contributed by atoms with Gasteiger partial charge in [-0.05, 0) is 24.3 Å². The van der Waals surface area contributed by atoms with Gasteiger partial charge in [-0.25, -0.2) is 0 Å². The molecule has 0 saturated heterocycles. The first-order valence-corrected chi connectivity index (χ1v) is 5.27. The molecule has 0 aromatic carbocycles. The van der Waals surface area contributed by atoms with E-state index in [0.717, 1.165) is 24.3 Å². The lowest BCUT2D eigenvalue weighted by atomic mass is 10.1. The molecule has 12 heavy (non-hydrogen) atoms. The highest BCUT2D eigenvalue weighted by atomic mass is 32.2. The Morgan fingerprint density at radius 3 is 2.67 bits per heavy atom. The molecular formula is C9H14O2S. The summed E-state index contributed by atoms with van der Waals surface area (Å²) >= 11 is 1.78. The summed E-state index contributed by atoms with van der Waals surface area (Å²) < 4.78 is 0. The molecule has 2 nitrogen and oxygen atoms in total. The predicted octanol–water partition coefficient (Wildman–Crippen LogP) is 1.75. The maximum atomic E-state index is 10.1. The van der Waals surface area contributed by atoms with Crippen molar-refractivity contribution in [1.82, 2.24) is 0 Å². The average molecular weight is 186 g/mol. The Labute approximate surface area is 78.1 Å². The van der Waals surface area contributed by atoms with E-state index >= 15 is 0 Å². The first-order chi connectivity index (χ1) is 5.81. The third kappa shape index (κ3) is 7.79. The third-order valence-corrected chi connectivity index (χ3v) is 2.57. The van der Waals surface area contributed by atoms with E-state index in [1.54, 1.807) is 11.8 Å². The molecular weight excluding hydrogens is 172 g/mol. The zero-order valence-electron chi connectivity index (χ0n) is 7.34. The molecule has 68 valence electrons. The molecule has 0 aromatic heterocycles. The van der Waals surface area contributed by atoms with Gasteiger partial charge in [0.25, 0.3) is 0 Å². The zero-order valence-corrected chi connectivity index (χ0v) is 8.15. The van der Waals surface area contributed by atoms with Crippen LogP contribution < -0.4 is 0 Å². The van der Waals surface area contributed by atoms with E-state index < -0.39 is 0 Å². The largest absolute Gasteiger partial charge is 0.291 e. The van der Waals surface area contributed by atoms with Crippen LogP contribution in [0.25, 0.3) is 0 Å². The first kappa shape index (κ1) is 11.7. The second-order valence-electron chi connectivity index (χ2n) is 2.67. The number of hydrogen-bond donors (Lipinski definition) is 0. The summed E-state index contributed by atoms with van der Waals surface area (Å²) in [6.07, 6.45) is 6.11. The zero-order chi connectivity index (χ0) is 9.23. The van der Waals surface area contributed by atoms with Crippen LogP contribution in [0.3, 0.4) is 0 Å². The lowest BCUT2D eigenvalue weighted by Gasteiger charge is -2.01. The van der Waals surface area contributed by atoms with Crippen LogP contribution in [-0.2, 0) is 9.59 Å². The predicted molar refractivity (Wildman–Crippen MR) is 51.7 cm³/mol. The SMILES string of the molecule is CC([C]=O)CCSCCC[C]=O. The maximum absolute atomic E-state index is 10.1. The second-order valence-corrected chi connectivity index (χ2v) is 3.89. The molecule has 2 radical (unpaired) electrons. The Morgan fingerprint density at radius 1 is 1.33 bits per heavy atom. The number of carbonyl (C=O) groups excluding carboxylic acids is 2. The van der Waals surface area contributed by atoms with E-state index in [1.807, 2.05) is 19.5 Å². The molecule has 3 heteroatoms. The van der Waals surface area contributed by atoms with Crippen molar-refractivity contribution in [2.24, 2.45) is 5.92 Å². The Hall–Kier alpha value is -0.310. The van der Waals surface area contributed by atoms with Gasteiger partial charge >= 0.3 is 0 Å². The van der Waals surface area contributed by atoms with Crippen molar-refractivity contribution in [2.45, 2.75) is 26.2 Å². The number of unbranched alkanes of at least 4 members (excludes halogenated alkanes) is 1. The van der Waals surface area contributed by atoms with E-state index in [-0.39, 0.29) is 5.92 Å². The normalized spacial score (nSPS) is 12.4. The lowest BCUT2D eigenvalue weighted by molar-refractivity contribution is 0.526. The second kappa shape index (κ2) is 8.78. The van der Waals surface area contributed by atoms with E-state index in [1.165, 1.54) is 0 Å². The highest BCUT2D eigenvalue weighted by Gasteiger charge is 1.99. The van der Waals surface area contributed by atoms with Gasteiger partial charge in [0, 0.05) is 12.3 Å². The van der Waals surface area contributed by atoms with Crippen LogP contribution >= 0.6 is 11.8 Å². The Morgan fingerprint density at radius 2 is 2.08 bits per heavy atom. The van der Waals surface area contributed by atoms with Gasteiger partial charge in [0.2, 0.25) is 6.29 Å². The van der Waals surface area contributed by atoms with Crippen LogP contribution in [0.1, 0.15) is 26.2 Å². The van der Waals surface area contributed by atoms with E-state index in [2.05, 4.69) is 0 Å². The lowest BCUT2D eigenvalue weighted by Crippen LogP contribution is -1.97. The van der Waals surface area contributed by atoms with Crippen molar-refractivity contribution >= 4 is 24.3 Å². The third-order valence-electron chi connectivity index (χ3n) is 1.46. The molecule has 0 N–H and O–H groups in total. The van der Waals surface area contributed by atoms with Gasteiger partial charge in [-0.2, -0.15) is 11.8 Å². The van der Waals surface area contributed by atoms with Gasteiger partial charge in [-0.15, -0.1) is 0 Å². The minimum atomic E-state index is 0.0510. The summed E-state index contributed by atoms with van der Waals surface area (Å²) in [6.45, 7) is 1.87. The van der Waals surface area contributed by atoms with Crippen molar-refractivity contribution in [1.29, 1.82) is 0 Å². The average Bonchev–Trinajstić information content (AvgIpc) is 2.10. The van der Waals surface area contributed by atoms with Crippen LogP contribution in [0.5, 0.6) is 0 Å². The summed E-state index contributed by atoms with van der Waals surface area (Å²) in [7, 11) is 0. The topological polar surface area (TPSA) is 34.1 Å². The van der Waals surface area contributed by atoms with E-state index in [9.17, 15) is 9.59 Å². The van der Waals surface area contributed by atoms with Gasteiger partial charge in [-0.3, -0.25) is 9.59 Å². The van der Waals surface area contributed by atoms with Crippen molar-refractivity contribution in [3.05, 3.63) is 0 Å². The summed E-state index contributed by atoms with van der Waals surface area (Å²) in [4.78, 5) is 19.9. The van der Waals surface area contributed by atoms with Crippen molar-refractivity contribution < 1.29 is 9.59 Å². The number of hydrogen-bond acceptors (Lipinski definition) is 3. The highest BCUT2D eigenvalue weighted by Crippen LogP contribution is 2.09. The molecule has 0 amide bonds. The van der Waals surface area contributed by atoms with E-state index in [0.29, 0.717) is 6.42 Å². The molecule has 1 atom stereocenters. The highest BCUT2D eigenvalue weighted by molar-refractivity contribution is 7.99. The van der Waals surface area contributed by atoms with Crippen molar-refractivity contribution in [2.75, 3.05) is 11.5 Å². The van der Waals surface area contributed by atoms with Crippen LogP contribution in [0, 0.1) is 5.92 Å². The minimum Gasteiger partial charge on any atom is -0.291 e. The minimum absolute atomic E-state index is 0.0510. The Kier molecular flexibility index (Phi) is 8.56. The molecule has 0 heterocycles. The van der Waals surface area contributed by atoms with Gasteiger partial charge < -0.3 is 0 Å². The molecule has 0 aliphatic heterocycles. The van der Waals surface area contributed by atoms with Crippen molar-refractivity contribution in [3.8, 4) is 0 Å². The fraction of sp³-hybridized carbons (Fsp3) is 0.778. The summed E-state index contributed by atoms with van der Waals surface area (Å²) in [5.41, 5.74) is 0. The van der Waals surface area contributed by atoms with E-state index in [4.69, 9.17) is 0 Å².